The Balaban J connectivity index is 1.48. The minimum Gasteiger partial charge on any atom is -0.497 e. The molecule has 0 unspecified atom stereocenters. The van der Waals surface area contributed by atoms with E-state index in [1.54, 1.807) is 14.2 Å². The van der Waals surface area contributed by atoms with E-state index in [1.165, 1.54) is 18.4 Å². The molecule has 36 heavy (non-hydrogen) atoms. The van der Waals surface area contributed by atoms with E-state index in [4.69, 9.17) is 9.47 Å². The van der Waals surface area contributed by atoms with Gasteiger partial charge in [0.2, 0.25) is 5.91 Å². The SMILES string of the molecule is CC[C@H](c1ccc(OC)cc1)[C@@H](CN1CCCC1)NC(=O)CCCCCC(=O)c1ccc(OC)cc1. The number of ketones is 1. The molecule has 1 N–H and O–H groups in total. The number of methoxy groups -OCH3 is 2. The molecule has 6 heteroatoms. The standard InChI is InChI=1S/C30H42N2O4/c1-4-27(23-12-16-25(35-2)17-13-23)28(22-32-20-8-9-21-32)31-30(34)11-7-5-6-10-29(33)24-14-18-26(36-3)19-15-24/h12-19,27-28H,4-11,20-22H2,1-3H3,(H,31,34)/t27-,28-/m1/s1. The van der Waals surface area contributed by atoms with E-state index in [0.717, 1.165) is 56.8 Å². The highest BCUT2D eigenvalue weighted by Crippen LogP contribution is 2.27. The summed E-state index contributed by atoms with van der Waals surface area (Å²) in [6, 6.07) is 15.6. The van der Waals surface area contributed by atoms with E-state index in [-0.39, 0.29) is 23.7 Å². The minimum atomic E-state index is 0.0747. The topological polar surface area (TPSA) is 67.9 Å². The van der Waals surface area contributed by atoms with Crippen LogP contribution in [-0.2, 0) is 4.79 Å². The third-order valence-corrected chi connectivity index (χ3v) is 7.19. The molecule has 1 fully saturated rings. The summed E-state index contributed by atoms with van der Waals surface area (Å²) in [4.78, 5) is 27.8. The van der Waals surface area contributed by atoms with Gasteiger partial charge in [-0.1, -0.05) is 25.5 Å². The maximum atomic E-state index is 12.9. The number of unbranched alkanes of at least 4 members (excludes halogenated alkanes) is 2. The van der Waals surface area contributed by atoms with Crippen LogP contribution in [0.2, 0.25) is 0 Å². The van der Waals surface area contributed by atoms with E-state index in [0.29, 0.717) is 18.4 Å². The molecule has 0 aromatic heterocycles. The van der Waals surface area contributed by atoms with E-state index >= 15 is 0 Å². The summed E-state index contributed by atoms with van der Waals surface area (Å²) in [5.41, 5.74) is 1.95. The molecular formula is C30H42N2O4. The molecule has 2 aromatic rings. The van der Waals surface area contributed by atoms with Crippen LogP contribution in [0.3, 0.4) is 0 Å². The number of nitrogens with zero attached hydrogens (tertiary/aromatic N) is 1. The maximum Gasteiger partial charge on any atom is 0.220 e. The largest absolute Gasteiger partial charge is 0.497 e. The lowest BCUT2D eigenvalue weighted by molar-refractivity contribution is -0.122. The van der Waals surface area contributed by atoms with Crippen molar-refractivity contribution in [2.45, 2.75) is 70.3 Å². The highest BCUT2D eigenvalue weighted by molar-refractivity contribution is 5.96. The lowest BCUT2D eigenvalue weighted by Gasteiger charge is -2.31. The summed E-state index contributed by atoms with van der Waals surface area (Å²) in [6.45, 7) is 5.28. The molecule has 0 aliphatic carbocycles. The van der Waals surface area contributed by atoms with Gasteiger partial charge in [0.1, 0.15) is 11.5 Å². The Morgan fingerprint density at radius 2 is 1.44 bits per heavy atom. The molecule has 3 rings (SSSR count). The molecule has 1 heterocycles. The van der Waals surface area contributed by atoms with Gasteiger partial charge in [-0.3, -0.25) is 9.59 Å². The van der Waals surface area contributed by atoms with Gasteiger partial charge < -0.3 is 19.7 Å². The van der Waals surface area contributed by atoms with E-state index in [1.807, 2.05) is 36.4 Å². The quantitative estimate of drug-likeness (QED) is 0.257. The smallest absolute Gasteiger partial charge is 0.220 e. The second kappa shape index (κ2) is 14.6. The highest BCUT2D eigenvalue weighted by Gasteiger charge is 2.27. The zero-order chi connectivity index (χ0) is 25.8. The van der Waals surface area contributed by atoms with Gasteiger partial charge in [-0.25, -0.2) is 0 Å². The van der Waals surface area contributed by atoms with Crippen molar-refractivity contribution in [2.24, 2.45) is 0 Å². The first-order chi connectivity index (χ1) is 17.5. The number of benzene rings is 2. The van der Waals surface area contributed by atoms with Gasteiger partial charge in [-0.2, -0.15) is 0 Å². The van der Waals surface area contributed by atoms with Gasteiger partial charge in [0.05, 0.1) is 14.2 Å². The second-order valence-electron chi connectivity index (χ2n) is 9.68. The van der Waals surface area contributed by atoms with Crippen molar-refractivity contribution in [1.82, 2.24) is 10.2 Å². The molecule has 2 atom stereocenters. The van der Waals surface area contributed by atoms with Gasteiger partial charge in [-0.05, 0) is 87.2 Å². The number of Topliss-reactive ketones (excluding diaryl/α,β-unsaturated/α-hetero) is 1. The van der Waals surface area contributed by atoms with Crippen molar-refractivity contribution < 1.29 is 19.1 Å². The van der Waals surface area contributed by atoms with Crippen molar-refractivity contribution in [3.63, 3.8) is 0 Å². The number of hydrogen-bond acceptors (Lipinski definition) is 5. The number of ether oxygens (including phenoxy) is 2. The number of rotatable bonds is 15. The zero-order valence-electron chi connectivity index (χ0n) is 22.1. The molecule has 6 nitrogen and oxygen atoms in total. The Hall–Kier alpha value is -2.86. The number of carbonyl (C=O) groups is 2. The van der Waals surface area contributed by atoms with Crippen molar-refractivity contribution >= 4 is 11.7 Å². The molecule has 2 aromatic carbocycles. The Bertz CT molecular complexity index is 936. The third-order valence-electron chi connectivity index (χ3n) is 7.19. The second-order valence-corrected chi connectivity index (χ2v) is 9.68. The lowest BCUT2D eigenvalue weighted by Crippen LogP contribution is -2.46. The molecular weight excluding hydrogens is 452 g/mol. The van der Waals surface area contributed by atoms with Crippen molar-refractivity contribution in [3.8, 4) is 11.5 Å². The summed E-state index contributed by atoms with van der Waals surface area (Å²) in [5, 5.41) is 3.37. The van der Waals surface area contributed by atoms with Crippen LogP contribution in [0, 0.1) is 0 Å². The molecule has 0 radical (unpaired) electrons. The van der Waals surface area contributed by atoms with Crippen molar-refractivity contribution in [2.75, 3.05) is 33.9 Å². The van der Waals surface area contributed by atoms with Gasteiger partial charge in [0, 0.05) is 36.9 Å². The molecule has 0 saturated carbocycles. The van der Waals surface area contributed by atoms with E-state index < -0.39 is 0 Å². The molecule has 196 valence electrons. The van der Waals surface area contributed by atoms with Crippen LogP contribution in [-0.4, -0.2) is 56.5 Å². The van der Waals surface area contributed by atoms with Crippen LogP contribution in [0.4, 0.5) is 0 Å². The Labute approximate surface area is 216 Å². The molecule has 1 aliphatic heterocycles. The summed E-state index contributed by atoms with van der Waals surface area (Å²) in [7, 11) is 3.29. The molecule has 0 bridgehead atoms. The molecule has 0 spiro atoms. The first-order valence-corrected chi connectivity index (χ1v) is 13.4. The minimum absolute atomic E-state index is 0.0747. The summed E-state index contributed by atoms with van der Waals surface area (Å²) in [5.74, 6) is 2.09. The zero-order valence-corrected chi connectivity index (χ0v) is 22.1. The number of amides is 1. The van der Waals surface area contributed by atoms with Crippen LogP contribution in [0.1, 0.15) is 80.1 Å². The first kappa shape index (κ1) is 27.7. The van der Waals surface area contributed by atoms with Crippen molar-refractivity contribution in [3.05, 3.63) is 59.7 Å². The monoisotopic (exact) mass is 494 g/mol. The molecule has 1 saturated heterocycles. The normalized spacial score (nSPS) is 15.3. The lowest BCUT2D eigenvalue weighted by atomic mass is 9.88. The van der Waals surface area contributed by atoms with Crippen LogP contribution in [0.25, 0.3) is 0 Å². The van der Waals surface area contributed by atoms with Gasteiger partial charge in [-0.15, -0.1) is 0 Å². The molecule has 1 amide bonds. The van der Waals surface area contributed by atoms with Crippen LogP contribution in [0.5, 0.6) is 11.5 Å². The average Bonchev–Trinajstić information content (AvgIpc) is 3.42. The first-order valence-electron chi connectivity index (χ1n) is 13.4. The summed E-state index contributed by atoms with van der Waals surface area (Å²) >= 11 is 0. The van der Waals surface area contributed by atoms with E-state index in [9.17, 15) is 9.59 Å². The van der Waals surface area contributed by atoms with Crippen LogP contribution >= 0.6 is 0 Å². The summed E-state index contributed by atoms with van der Waals surface area (Å²) in [6.07, 6.45) is 6.86. The third kappa shape index (κ3) is 8.37. The van der Waals surface area contributed by atoms with Gasteiger partial charge in [0.25, 0.3) is 0 Å². The predicted molar refractivity (Wildman–Crippen MR) is 144 cm³/mol. The highest BCUT2D eigenvalue weighted by atomic mass is 16.5. The number of nitrogens with one attached hydrogen (secondary N) is 1. The van der Waals surface area contributed by atoms with E-state index in [2.05, 4.69) is 29.3 Å². The van der Waals surface area contributed by atoms with Crippen LogP contribution < -0.4 is 14.8 Å². The maximum absolute atomic E-state index is 12.9. The van der Waals surface area contributed by atoms with Gasteiger partial charge in [0.15, 0.2) is 5.78 Å². The van der Waals surface area contributed by atoms with Crippen molar-refractivity contribution in [1.29, 1.82) is 0 Å². The predicted octanol–water partition coefficient (Wildman–Crippen LogP) is 5.61. The fraction of sp³-hybridized carbons (Fsp3) is 0.533. The molecule has 1 aliphatic rings. The van der Waals surface area contributed by atoms with Gasteiger partial charge >= 0.3 is 0 Å². The Kier molecular flexibility index (Phi) is 11.3. The average molecular weight is 495 g/mol. The number of hydrogen-bond donors (Lipinski definition) is 1. The number of likely N-dealkylation sites (tertiary alicyclic amines) is 1. The summed E-state index contributed by atoms with van der Waals surface area (Å²) < 4.78 is 10.5. The Morgan fingerprint density at radius 1 is 0.861 bits per heavy atom. The number of carbonyl (C=O) groups excluding carboxylic acids is 2. The Morgan fingerprint density at radius 3 is 2.03 bits per heavy atom. The fourth-order valence-electron chi connectivity index (χ4n) is 5.07. The fourth-order valence-corrected chi connectivity index (χ4v) is 5.07. The van der Waals surface area contributed by atoms with Crippen LogP contribution in [0.15, 0.2) is 48.5 Å².